The van der Waals surface area contributed by atoms with Crippen molar-refractivity contribution in [2.75, 3.05) is 0 Å². The van der Waals surface area contributed by atoms with Crippen LogP contribution in [0.3, 0.4) is 0 Å². The molecule has 96 valence electrons. The molecular formula is C7H12N4O4S2. The Labute approximate surface area is 99.0 Å². The van der Waals surface area contributed by atoms with E-state index in [0.29, 0.717) is 5.56 Å². The second kappa shape index (κ2) is 4.68. The van der Waals surface area contributed by atoms with Crippen molar-refractivity contribution in [1.82, 2.24) is 9.66 Å². The summed E-state index contributed by atoms with van der Waals surface area (Å²) in [6, 6.07) is 3.55. The van der Waals surface area contributed by atoms with Gasteiger partial charge in [-0.05, 0) is 24.6 Å². The Morgan fingerprint density at radius 3 is 2.00 bits per heavy atom. The summed E-state index contributed by atoms with van der Waals surface area (Å²) in [5, 5.41) is 0. The molecule has 0 bridgehead atoms. The van der Waals surface area contributed by atoms with Crippen LogP contribution in [0.1, 0.15) is 5.56 Å². The first-order valence-corrected chi connectivity index (χ1v) is 7.26. The highest BCUT2D eigenvalue weighted by atomic mass is 32.2. The zero-order valence-corrected chi connectivity index (χ0v) is 10.5. The number of nitrogens with two attached hydrogens (primary N) is 2. The highest BCUT2D eigenvalue weighted by Gasteiger charge is 2.19. The number of rotatable bonds is 4. The molecule has 0 amide bonds. The van der Waals surface area contributed by atoms with Crippen LogP contribution in [0.15, 0.2) is 28.0 Å². The van der Waals surface area contributed by atoms with Gasteiger partial charge in [0.25, 0.3) is 20.0 Å². The maximum Gasteiger partial charge on any atom is 0.253 e. The van der Waals surface area contributed by atoms with Gasteiger partial charge in [0.2, 0.25) is 0 Å². The second-order valence-electron chi connectivity index (χ2n) is 3.17. The Kier molecular flexibility index (Phi) is 3.86. The minimum Gasteiger partial charge on any atom is -0.257 e. The second-order valence-corrected chi connectivity index (χ2v) is 6.57. The molecule has 1 rings (SSSR count). The van der Waals surface area contributed by atoms with E-state index in [9.17, 15) is 16.8 Å². The summed E-state index contributed by atoms with van der Waals surface area (Å²) in [6.45, 7) is 1.51. The van der Waals surface area contributed by atoms with E-state index in [4.69, 9.17) is 11.7 Å². The Hall–Kier alpha value is -1.04. The summed E-state index contributed by atoms with van der Waals surface area (Å²) in [6.07, 6.45) is 0. The molecule has 0 aliphatic carbocycles. The fraction of sp³-hybridized carbons (Fsp3) is 0.143. The molecule has 0 aliphatic heterocycles. The lowest BCUT2D eigenvalue weighted by atomic mass is 10.2. The van der Waals surface area contributed by atoms with Crippen LogP contribution in [0.4, 0.5) is 0 Å². The molecule has 0 atom stereocenters. The molecule has 6 N–H and O–H groups in total. The number of hydrogen-bond donors (Lipinski definition) is 4. The number of hydrazine groups is 2. The van der Waals surface area contributed by atoms with Crippen molar-refractivity contribution < 1.29 is 16.8 Å². The van der Waals surface area contributed by atoms with Crippen molar-refractivity contribution in [2.45, 2.75) is 16.7 Å². The minimum absolute atomic E-state index is 0.226. The van der Waals surface area contributed by atoms with Crippen molar-refractivity contribution in [2.24, 2.45) is 11.7 Å². The maximum atomic E-state index is 11.5. The highest BCUT2D eigenvalue weighted by Crippen LogP contribution is 2.19. The van der Waals surface area contributed by atoms with Crippen molar-refractivity contribution in [3.63, 3.8) is 0 Å². The molecule has 17 heavy (non-hydrogen) atoms. The molecule has 0 aliphatic rings. The lowest BCUT2D eigenvalue weighted by molar-refractivity contribution is 0.581. The third kappa shape index (κ3) is 2.80. The van der Waals surface area contributed by atoms with Gasteiger partial charge in [0.05, 0.1) is 9.79 Å². The van der Waals surface area contributed by atoms with Gasteiger partial charge in [-0.1, -0.05) is 6.07 Å². The molecule has 8 nitrogen and oxygen atoms in total. The zero-order valence-electron chi connectivity index (χ0n) is 8.84. The molecule has 0 unspecified atom stereocenters. The normalized spacial score (nSPS) is 12.6. The maximum absolute atomic E-state index is 11.5. The van der Waals surface area contributed by atoms with Crippen LogP contribution in [-0.2, 0) is 20.0 Å². The van der Waals surface area contributed by atoms with E-state index >= 15 is 0 Å². The predicted octanol–water partition coefficient (Wildman–Crippen LogP) is -1.70. The smallest absolute Gasteiger partial charge is 0.253 e. The summed E-state index contributed by atoms with van der Waals surface area (Å²) in [5.41, 5.74) is 0.360. The monoisotopic (exact) mass is 280 g/mol. The van der Waals surface area contributed by atoms with E-state index in [-0.39, 0.29) is 9.79 Å². The first-order valence-electron chi connectivity index (χ1n) is 4.30. The summed E-state index contributed by atoms with van der Waals surface area (Å²) >= 11 is 0. The van der Waals surface area contributed by atoms with Crippen molar-refractivity contribution in [3.8, 4) is 0 Å². The Bertz CT molecular complexity index is 623. The number of sulfonamides is 2. The fourth-order valence-electron chi connectivity index (χ4n) is 1.17. The van der Waals surface area contributed by atoms with Gasteiger partial charge in [-0.25, -0.2) is 16.8 Å². The molecule has 1 aromatic carbocycles. The van der Waals surface area contributed by atoms with E-state index in [2.05, 4.69) is 0 Å². The molecule has 0 radical (unpaired) electrons. The van der Waals surface area contributed by atoms with E-state index in [1.165, 1.54) is 19.1 Å². The van der Waals surface area contributed by atoms with Crippen molar-refractivity contribution in [3.05, 3.63) is 23.8 Å². The molecule has 1 aromatic rings. The molecule has 0 heterocycles. The van der Waals surface area contributed by atoms with Crippen LogP contribution in [-0.4, -0.2) is 16.8 Å². The Morgan fingerprint density at radius 1 is 1.00 bits per heavy atom. The van der Waals surface area contributed by atoms with Gasteiger partial charge in [0.1, 0.15) is 0 Å². The molecular weight excluding hydrogens is 268 g/mol. The predicted molar refractivity (Wildman–Crippen MR) is 60.2 cm³/mol. The number of benzene rings is 1. The van der Waals surface area contributed by atoms with Gasteiger partial charge >= 0.3 is 0 Å². The SMILES string of the molecule is Cc1ccc(S(=O)(=O)NN)cc1S(=O)(=O)NN. The van der Waals surface area contributed by atoms with Crippen LogP contribution < -0.4 is 21.3 Å². The highest BCUT2D eigenvalue weighted by molar-refractivity contribution is 7.90. The van der Waals surface area contributed by atoms with Gasteiger partial charge in [0, 0.05) is 0 Å². The quantitative estimate of drug-likeness (QED) is 0.382. The lowest BCUT2D eigenvalue weighted by Crippen LogP contribution is -2.32. The van der Waals surface area contributed by atoms with Crippen LogP contribution >= 0.6 is 0 Å². The van der Waals surface area contributed by atoms with Crippen LogP contribution in [0.5, 0.6) is 0 Å². The van der Waals surface area contributed by atoms with E-state index in [1.807, 2.05) is 0 Å². The first kappa shape index (κ1) is 14.0. The summed E-state index contributed by atoms with van der Waals surface area (Å²) < 4.78 is 45.8. The minimum atomic E-state index is -3.93. The third-order valence-corrected chi connectivity index (χ3v) is 4.58. The van der Waals surface area contributed by atoms with E-state index in [1.54, 1.807) is 9.66 Å². The molecule has 0 spiro atoms. The summed E-state index contributed by atoms with van der Waals surface area (Å²) in [4.78, 5) is 2.73. The lowest BCUT2D eigenvalue weighted by Gasteiger charge is -2.08. The van der Waals surface area contributed by atoms with Gasteiger partial charge in [-0.15, -0.1) is 0 Å². The third-order valence-electron chi connectivity index (χ3n) is 2.07. The van der Waals surface area contributed by atoms with Gasteiger partial charge in [-0.3, -0.25) is 11.7 Å². The summed E-state index contributed by atoms with van der Waals surface area (Å²) in [5.74, 6) is 9.71. The average molecular weight is 280 g/mol. The summed E-state index contributed by atoms with van der Waals surface area (Å²) in [7, 11) is -7.84. The fourth-order valence-corrected chi connectivity index (χ4v) is 2.80. The van der Waals surface area contributed by atoms with Crippen molar-refractivity contribution >= 4 is 20.0 Å². The first-order chi connectivity index (χ1) is 7.74. The molecule has 0 fully saturated rings. The van der Waals surface area contributed by atoms with E-state index < -0.39 is 20.0 Å². The zero-order chi connectivity index (χ0) is 13.3. The van der Waals surface area contributed by atoms with Crippen LogP contribution in [0.25, 0.3) is 0 Å². The molecule has 0 aromatic heterocycles. The van der Waals surface area contributed by atoms with Gasteiger partial charge in [0.15, 0.2) is 0 Å². The molecule has 0 saturated carbocycles. The Balaban J connectivity index is 3.51. The van der Waals surface area contributed by atoms with E-state index in [0.717, 1.165) is 6.07 Å². The van der Waals surface area contributed by atoms with Crippen molar-refractivity contribution in [1.29, 1.82) is 0 Å². The van der Waals surface area contributed by atoms with Gasteiger partial charge < -0.3 is 0 Å². The standard InChI is InChI=1S/C7H12N4O4S2/c1-5-2-3-6(16(12,13)10-8)4-7(5)17(14,15)11-9/h2-4,10-11H,8-9H2,1H3. The topological polar surface area (TPSA) is 144 Å². The number of aryl methyl sites for hydroxylation is 1. The molecule has 10 heteroatoms. The Morgan fingerprint density at radius 2 is 1.53 bits per heavy atom. The number of nitrogens with one attached hydrogen (secondary N) is 2. The molecule has 0 saturated heterocycles. The number of hydrogen-bond acceptors (Lipinski definition) is 6. The van der Waals surface area contributed by atoms with Crippen LogP contribution in [0.2, 0.25) is 0 Å². The average Bonchev–Trinajstić information content (AvgIpc) is 2.29. The van der Waals surface area contributed by atoms with Crippen LogP contribution in [0, 0.1) is 6.92 Å². The largest absolute Gasteiger partial charge is 0.257 e. The van der Waals surface area contributed by atoms with Gasteiger partial charge in [-0.2, -0.15) is 9.66 Å².